The molecule has 0 fully saturated rings. The molecule has 1 N–H and O–H groups in total. The standard InChI is InChI=1S/C33H35NO6/c1-36-30-19-27(20-31(37-2)33(30)38-3)21-32(35)34-17-16-24-14-15-28(39-22-25-10-6-4-7-11-25)29(18-24)40-23-26-12-8-5-9-13-26/h4-15,18-20H,16-17,21-23H2,1-3H3,(H,34,35)/i1D,2D,3D. The quantitative estimate of drug-likeness (QED) is 0.217. The summed E-state index contributed by atoms with van der Waals surface area (Å²) >= 11 is 0. The lowest BCUT2D eigenvalue weighted by Crippen LogP contribution is -2.27. The molecule has 0 aromatic heterocycles. The van der Waals surface area contributed by atoms with Crippen molar-refractivity contribution in [2.45, 2.75) is 26.1 Å². The number of rotatable bonds is 14. The van der Waals surface area contributed by atoms with Crippen molar-refractivity contribution in [1.29, 1.82) is 0 Å². The molecule has 0 unspecified atom stereocenters. The molecule has 0 heterocycles. The first kappa shape index (κ1) is 24.4. The summed E-state index contributed by atoms with van der Waals surface area (Å²) in [7, 11) is -1.14. The molecular formula is C33H35NO6. The van der Waals surface area contributed by atoms with Crippen molar-refractivity contribution in [2.24, 2.45) is 0 Å². The number of hydrogen-bond acceptors (Lipinski definition) is 6. The van der Waals surface area contributed by atoms with Crippen molar-refractivity contribution in [2.75, 3.05) is 27.8 Å². The van der Waals surface area contributed by atoms with E-state index in [0.717, 1.165) is 16.7 Å². The van der Waals surface area contributed by atoms with Crippen LogP contribution in [0.5, 0.6) is 28.7 Å². The van der Waals surface area contributed by atoms with E-state index in [4.69, 9.17) is 27.8 Å². The Morgan fingerprint density at radius 1 is 0.650 bits per heavy atom. The van der Waals surface area contributed by atoms with Gasteiger partial charge in [-0.15, -0.1) is 0 Å². The first-order valence-corrected chi connectivity index (χ1v) is 12.8. The Labute approximate surface area is 239 Å². The number of carbonyl (C=O) groups is 1. The van der Waals surface area contributed by atoms with E-state index in [-0.39, 0.29) is 50.8 Å². The fourth-order valence-electron chi connectivity index (χ4n) is 4.09. The number of nitrogens with one attached hydrogen (secondary N) is 1. The second kappa shape index (κ2) is 14.5. The van der Waals surface area contributed by atoms with E-state index in [0.29, 0.717) is 43.2 Å². The summed E-state index contributed by atoms with van der Waals surface area (Å²) in [4.78, 5) is 12.8. The van der Waals surface area contributed by atoms with Gasteiger partial charge in [-0.3, -0.25) is 4.79 Å². The number of carbonyl (C=O) groups excluding carboxylic acids is 1. The van der Waals surface area contributed by atoms with Gasteiger partial charge in [0.05, 0.1) is 31.8 Å². The molecule has 40 heavy (non-hydrogen) atoms. The van der Waals surface area contributed by atoms with Crippen LogP contribution in [0, 0.1) is 0 Å². The molecule has 0 saturated heterocycles. The van der Waals surface area contributed by atoms with E-state index >= 15 is 0 Å². The van der Waals surface area contributed by atoms with Gasteiger partial charge in [0, 0.05) is 6.54 Å². The highest BCUT2D eigenvalue weighted by Crippen LogP contribution is 2.38. The van der Waals surface area contributed by atoms with Crippen LogP contribution in [-0.4, -0.2) is 33.7 Å². The minimum Gasteiger partial charge on any atom is -0.493 e. The molecule has 1 amide bonds. The van der Waals surface area contributed by atoms with Crippen LogP contribution in [0.25, 0.3) is 0 Å². The molecule has 7 heteroatoms. The molecule has 4 aromatic carbocycles. The molecule has 4 rings (SSSR count). The molecule has 0 aliphatic heterocycles. The zero-order chi connectivity index (χ0) is 30.3. The van der Waals surface area contributed by atoms with Gasteiger partial charge < -0.3 is 29.0 Å². The van der Waals surface area contributed by atoms with Gasteiger partial charge in [-0.2, -0.15) is 0 Å². The average Bonchev–Trinajstić information content (AvgIpc) is 3.02. The minimum absolute atomic E-state index is 0.0293. The first-order valence-electron chi connectivity index (χ1n) is 14.9. The van der Waals surface area contributed by atoms with E-state index in [1.807, 2.05) is 78.9 Å². The highest BCUT2D eigenvalue weighted by molar-refractivity contribution is 5.79. The Bertz CT molecular complexity index is 1410. The molecule has 0 bridgehead atoms. The van der Waals surface area contributed by atoms with Gasteiger partial charge in [0.2, 0.25) is 11.7 Å². The van der Waals surface area contributed by atoms with Gasteiger partial charge in [-0.25, -0.2) is 0 Å². The SMILES string of the molecule is [2H]COc1cc(CC(=O)NCCc2ccc(OCc3ccccc3)c(OCc3ccccc3)c2)cc(OC[2H])c1OC[2H]. The van der Waals surface area contributed by atoms with Crippen LogP contribution in [-0.2, 0) is 30.8 Å². The zero-order valence-electron chi connectivity index (χ0n) is 25.3. The van der Waals surface area contributed by atoms with Crippen LogP contribution in [0.4, 0.5) is 0 Å². The Balaban J connectivity index is 1.39. The van der Waals surface area contributed by atoms with Gasteiger partial charge in [0.25, 0.3) is 0 Å². The molecular weight excluding hydrogens is 506 g/mol. The third kappa shape index (κ3) is 7.93. The predicted octanol–water partition coefficient (Wildman–Crippen LogP) is 5.77. The summed E-state index contributed by atoms with van der Waals surface area (Å²) in [6, 6.07) is 28.8. The maximum absolute atomic E-state index is 12.8. The van der Waals surface area contributed by atoms with Crippen molar-refractivity contribution in [3.05, 3.63) is 113 Å². The highest BCUT2D eigenvalue weighted by atomic mass is 16.5. The topological polar surface area (TPSA) is 75.3 Å². The van der Waals surface area contributed by atoms with Crippen molar-refractivity contribution < 1.29 is 32.6 Å². The normalized spacial score (nSPS) is 11.4. The summed E-state index contributed by atoms with van der Waals surface area (Å²) in [6.45, 7) is 1.21. The number of ether oxygens (including phenoxy) is 5. The number of methoxy groups -OCH3 is 3. The average molecular weight is 545 g/mol. The summed E-state index contributed by atoms with van der Waals surface area (Å²) in [5.41, 5.74) is 3.64. The van der Waals surface area contributed by atoms with Crippen LogP contribution < -0.4 is 29.0 Å². The van der Waals surface area contributed by atoms with Crippen LogP contribution >= 0.6 is 0 Å². The molecule has 0 spiro atoms. The Morgan fingerprint density at radius 2 is 1.23 bits per heavy atom. The predicted molar refractivity (Wildman–Crippen MR) is 155 cm³/mol. The van der Waals surface area contributed by atoms with E-state index in [1.165, 1.54) is 0 Å². The molecule has 0 aliphatic carbocycles. The third-order valence-electron chi connectivity index (χ3n) is 6.12. The summed E-state index contributed by atoms with van der Waals surface area (Å²) in [5, 5.41) is 2.93. The molecule has 0 saturated carbocycles. The summed E-state index contributed by atoms with van der Waals surface area (Å²) in [5.74, 6) is 1.57. The van der Waals surface area contributed by atoms with Crippen LogP contribution in [0.1, 0.15) is 26.4 Å². The van der Waals surface area contributed by atoms with Crippen LogP contribution in [0.15, 0.2) is 91.0 Å². The molecule has 0 aliphatic rings. The third-order valence-corrected chi connectivity index (χ3v) is 6.12. The fraction of sp³-hybridized carbons (Fsp3) is 0.242. The molecule has 7 nitrogen and oxygen atoms in total. The first-order chi connectivity index (χ1) is 21.1. The van der Waals surface area contributed by atoms with Crippen LogP contribution in [0.3, 0.4) is 0 Å². The second-order valence-corrected chi connectivity index (χ2v) is 8.96. The number of hydrogen-bond donors (Lipinski definition) is 1. The second-order valence-electron chi connectivity index (χ2n) is 8.96. The number of benzene rings is 4. The van der Waals surface area contributed by atoms with E-state index in [1.54, 1.807) is 12.1 Å². The Hall–Kier alpha value is -4.65. The summed E-state index contributed by atoms with van der Waals surface area (Å²) < 4.78 is 50.3. The maximum atomic E-state index is 12.8. The van der Waals surface area contributed by atoms with Gasteiger partial charge in [0.1, 0.15) is 13.2 Å². The van der Waals surface area contributed by atoms with Crippen molar-refractivity contribution in [1.82, 2.24) is 5.32 Å². The van der Waals surface area contributed by atoms with Crippen molar-refractivity contribution in [3.63, 3.8) is 0 Å². The molecule has 0 radical (unpaired) electrons. The molecule has 0 atom stereocenters. The Morgan fingerprint density at radius 3 is 1.82 bits per heavy atom. The molecule has 208 valence electrons. The highest BCUT2D eigenvalue weighted by Gasteiger charge is 2.15. The van der Waals surface area contributed by atoms with Crippen LogP contribution in [0.2, 0.25) is 0 Å². The van der Waals surface area contributed by atoms with Gasteiger partial charge >= 0.3 is 0 Å². The van der Waals surface area contributed by atoms with E-state index < -0.39 is 0 Å². The largest absolute Gasteiger partial charge is 0.493 e. The lowest BCUT2D eigenvalue weighted by molar-refractivity contribution is -0.120. The van der Waals surface area contributed by atoms with Gasteiger partial charge in [-0.1, -0.05) is 66.7 Å². The maximum Gasteiger partial charge on any atom is 0.224 e. The zero-order valence-corrected chi connectivity index (χ0v) is 22.3. The van der Waals surface area contributed by atoms with Gasteiger partial charge in [0.15, 0.2) is 23.0 Å². The van der Waals surface area contributed by atoms with E-state index in [9.17, 15) is 4.79 Å². The van der Waals surface area contributed by atoms with E-state index in [2.05, 4.69) is 5.32 Å². The summed E-state index contributed by atoms with van der Waals surface area (Å²) in [6.07, 6.45) is 0.602. The Kier molecular flexibility index (Phi) is 8.84. The lowest BCUT2D eigenvalue weighted by Gasteiger charge is -2.15. The van der Waals surface area contributed by atoms with Crippen molar-refractivity contribution >= 4 is 5.91 Å². The molecule has 4 aromatic rings. The fourth-order valence-corrected chi connectivity index (χ4v) is 4.09. The lowest BCUT2D eigenvalue weighted by atomic mass is 10.1. The van der Waals surface area contributed by atoms with Gasteiger partial charge in [-0.05, 0) is 52.9 Å². The monoisotopic (exact) mass is 544 g/mol. The number of amides is 1. The van der Waals surface area contributed by atoms with Crippen molar-refractivity contribution in [3.8, 4) is 28.7 Å². The minimum atomic E-state index is -0.387. The smallest absolute Gasteiger partial charge is 0.224 e.